The third-order valence-corrected chi connectivity index (χ3v) is 4.92. The zero-order valence-corrected chi connectivity index (χ0v) is 16.8. The minimum atomic E-state index is -0.330. The van der Waals surface area contributed by atoms with Gasteiger partial charge in [-0.05, 0) is 26.0 Å². The number of anilines is 1. The van der Waals surface area contributed by atoms with Crippen LogP contribution in [0.15, 0.2) is 24.4 Å². The Labute approximate surface area is 166 Å². The highest BCUT2D eigenvalue weighted by atomic mass is 16.5. The molecule has 3 rings (SSSR count). The number of aromatic amines is 1. The summed E-state index contributed by atoms with van der Waals surface area (Å²) < 4.78 is 16.3. The summed E-state index contributed by atoms with van der Waals surface area (Å²) in [5, 5.41) is 4.41. The number of rotatable bonds is 9. The number of hydrogen-bond acceptors (Lipinski definition) is 5. The fraction of sp³-hybridized carbons (Fsp3) is 0.524. The molecular weight excluding hydrogens is 358 g/mol. The highest BCUT2D eigenvalue weighted by Gasteiger charge is 2.21. The van der Waals surface area contributed by atoms with E-state index >= 15 is 0 Å². The molecule has 0 radical (unpaired) electrons. The maximum Gasteiger partial charge on any atom is 0.346 e. The van der Waals surface area contributed by atoms with Crippen LogP contribution in [-0.4, -0.2) is 58.6 Å². The topological polar surface area (TPSA) is 75.4 Å². The van der Waals surface area contributed by atoms with E-state index in [2.05, 4.69) is 10.3 Å². The van der Waals surface area contributed by atoms with Crippen molar-refractivity contribution in [3.63, 3.8) is 0 Å². The number of carbonyl (C=O) groups excluding carboxylic acids is 1. The van der Waals surface area contributed by atoms with Crippen molar-refractivity contribution < 1.29 is 28.9 Å². The molecule has 7 heteroatoms. The van der Waals surface area contributed by atoms with Gasteiger partial charge in [0, 0.05) is 19.0 Å². The molecule has 0 aliphatic carbocycles. The second-order valence-electron chi connectivity index (χ2n) is 6.83. The summed E-state index contributed by atoms with van der Waals surface area (Å²) in [5.74, 6) is 0.453. The zero-order valence-electron chi connectivity index (χ0n) is 16.8. The highest BCUT2D eigenvalue weighted by Crippen LogP contribution is 2.28. The smallest absolute Gasteiger partial charge is 0.346 e. The summed E-state index contributed by atoms with van der Waals surface area (Å²) in [5.41, 5.74) is 2.25. The molecule has 0 bridgehead atoms. The number of pyridine rings is 1. The molecule has 0 unspecified atom stereocenters. The molecular formula is C21H31N3O4+2. The van der Waals surface area contributed by atoms with Crippen molar-refractivity contribution in [2.75, 3.05) is 57.9 Å². The Morgan fingerprint density at radius 3 is 2.82 bits per heavy atom. The van der Waals surface area contributed by atoms with Gasteiger partial charge in [-0.2, -0.15) is 0 Å². The maximum atomic E-state index is 12.5. The highest BCUT2D eigenvalue weighted by molar-refractivity contribution is 6.04. The minimum absolute atomic E-state index is 0.330. The van der Waals surface area contributed by atoms with E-state index in [1.54, 1.807) is 11.1 Å². The van der Waals surface area contributed by atoms with Gasteiger partial charge in [0.25, 0.3) is 0 Å². The number of hydrogen-bond donors (Lipinski definition) is 2. The van der Waals surface area contributed by atoms with Gasteiger partial charge in [-0.3, -0.25) is 0 Å². The van der Waals surface area contributed by atoms with Gasteiger partial charge < -0.3 is 24.4 Å². The van der Waals surface area contributed by atoms with Crippen LogP contribution < -0.4 is 19.9 Å². The summed E-state index contributed by atoms with van der Waals surface area (Å²) in [7, 11) is 0. The van der Waals surface area contributed by atoms with Crippen LogP contribution in [0.25, 0.3) is 10.9 Å². The second kappa shape index (κ2) is 10.2. The fourth-order valence-electron chi connectivity index (χ4n) is 3.50. The molecule has 3 N–H and O–H groups in total. The Morgan fingerprint density at radius 2 is 2.07 bits per heavy atom. The molecule has 1 aliphatic rings. The summed E-state index contributed by atoms with van der Waals surface area (Å²) >= 11 is 0. The molecule has 7 nitrogen and oxygen atoms in total. The third-order valence-electron chi connectivity index (χ3n) is 4.92. The van der Waals surface area contributed by atoms with E-state index in [1.165, 1.54) is 0 Å². The van der Waals surface area contributed by atoms with Crippen LogP contribution in [0, 0.1) is 0 Å². The van der Waals surface area contributed by atoms with Gasteiger partial charge in [-0.25, -0.2) is 9.78 Å². The monoisotopic (exact) mass is 389 g/mol. The van der Waals surface area contributed by atoms with Crippen molar-refractivity contribution >= 4 is 22.6 Å². The number of benzene rings is 1. The van der Waals surface area contributed by atoms with E-state index in [1.807, 2.05) is 32.0 Å². The summed E-state index contributed by atoms with van der Waals surface area (Å²) in [6, 6.07) is 5.86. The number of fused-ring (bicyclic) bond motifs is 1. The first-order valence-corrected chi connectivity index (χ1v) is 10.2. The van der Waals surface area contributed by atoms with Gasteiger partial charge in [0.05, 0.1) is 44.0 Å². The Bertz CT molecular complexity index is 791. The van der Waals surface area contributed by atoms with E-state index in [0.717, 1.165) is 68.2 Å². The molecule has 152 valence electrons. The number of carbonyl (C=O) groups is 1. The molecule has 1 saturated heterocycles. The fourth-order valence-corrected chi connectivity index (χ4v) is 3.50. The molecule has 0 saturated carbocycles. The lowest BCUT2D eigenvalue weighted by Gasteiger charge is -2.23. The van der Waals surface area contributed by atoms with E-state index in [4.69, 9.17) is 14.2 Å². The normalized spacial score (nSPS) is 14.8. The van der Waals surface area contributed by atoms with Crippen molar-refractivity contribution in [3.8, 4) is 5.75 Å². The van der Waals surface area contributed by atoms with Crippen molar-refractivity contribution in [2.24, 2.45) is 0 Å². The van der Waals surface area contributed by atoms with Crippen LogP contribution in [0.1, 0.15) is 30.6 Å². The van der Waals surface area contributed by atoms with Crippen molar-refractivity contribution in [1.29, 1.82) is 0 Å². The van der Waals surface area contributed by atoms with Crippen LogP contribution in [0.3, 0.4) is 0 Å². The number of ether oxygens (including phenoxy) is 3. The van der Waals surface area contributed by atoms with E-state index < -0.39 is 0 Å². The number of H-pyrrole nitrogens is 1. The van der Waals surface area contributed by atoms with Crippen LogP contribution in [0.5, 0.6) is 5.75 Å². The summed E-state index contributed by atoms with van der Waals surface area (Å²) in [4.78, 5) is 17.2. The minimum Gasteiger partial charge on any atom is -0.494 e. The van der Waals surface area contributed by atoms with Crippen LogP contribution in [0.2, 0.25) is 0 Å². The van der Waals surface area contributed by atoms with Gasteiger partial charge in [0.1, 0.15) is 24.4 Å². The van der Waals surface area contributed by atoms with Crippen molar-refractivity contribution in [2.45, 2.75) is 20.3 Å². The van der Waals surface area contributed by atoms with Gasteiger partial charge in [0.2, 0.25) is 5.52 Å². The zero-order chi connectivity index (χ0) is 19.8. The van der Waals surface area contributed by atoms with Crippen LogP contribution in [0.4, 0.5) is 5.69 Å². The van der Waals surface area contributed by atoms with Crippen LogP contribution in [-0.2, 0) is 9.47 Å². The van der Waals surface area contributed by atoms with Gasteiger partial charge in [-0.1, -0.05) is 0 Å². The van der Waals surface area contributed by atoms with Gasteiger partial charge >= 0.3 is 5.97 Å². The lowest BCUT2D eigenvalue weighted by molar-refractivity contribution is -0.908. The first-order valence-electron chi connectivity index (χ1n) is 10.2. The third kappa shape index (κ3) is 5.11. The molecule has 28 heavy (non-hydrogen) atoms. The number of nitrogens with one attached hydrogen (secondary N) is 3. The largest absolute Gasteiger partial charge is 0.494 e. The Hall–Kier alpha value is -2.38. The lowest BCUT2D eigenvalue weighted by atomic mass is 10.1. The number of quaternary nitrogens is 1. The van der Waals surface area contributed by atoms with E-state index in [0.29, 0.717) is 18.8 Å². The predicted octanol–water partition coefficient (Wildman–Crippen LogP) is 0.946. The SMILES string of the molecule is CCOC(=O)c1c[nH+]c2ccc(OCC)cc2c1NCCC[NH+]1CCOCC1. The molecule has 1 fully saturated rings. The molecule has 2 heterocycles. The maximum absolute atomic E-state index is 12.5. The summed E-state index contributed by atoms with van der Waals surface area (Å²) in [6.45, 7) is 10.4. The quantitative estimate of drug-likeness (QED) is 0.493. The lowest BCUT2D eigenvalue weighted by Crippen LogP contribution is -3.14. The average Bonchev–Trinajstić information content (AvgIpc) is 2.72. The Balaban J connectivity index is 1.79. The number of morpholine rings is 1. The van der Waals surface area contributed by atoms with Gasteiger partial charge in [-0.15, -0.1) is 0 Å². The molecule has 1 aliphatic heterocycles. The Morgan fingerprint density at radius 1 is 1.25 bits per heavy atom. The van der Waals surface area contributed by atoms with E-state index in [-0.39, 0.29) is 5.97 Å². The molecule has 1 aromatic heterocycles. The first-order chi connectivity index (χ1) is 13.7. The molecule has 2 aromatic rings. The van der Waals surface area contributed by atoms with Crippen molar-refractivity contribution in [3.05, 3.63) is 30.0 Å². The standard InChI is InChI=1S/C21H29N3O4/c1-3-27-16-6-7-19-17(14-16)20(18(15-23-19)21(25)28-4-2)22-8-5-9-24-10-12-26-13-11-24/h6-7,14-15H,3-5,8-13H2,1-2H3,(H,22,23)/p+2. The molecule has 0 atom stereocenters. The predicted molar refractivity (Wildman–Crippen MR) is 107 cm³/mol. The average molecular weight is 389 g/mol. The van der Waals surface area contributed by atoms with Crippen LogP contribution >= 0.6 is 0 Å². The second-order valence-corrected chi connectivity index (χ2v) is 6.83. The molecule has 1 aromatic carbocycles. The van der Waals surface area contributed by atoms with Crippen molar-refractivity contribution in [1.82, 2.24) is 0 Å². The molecule has 0 amide bonds. The molecule has 0 spiro atoms. The van der Waals surface area contributed by atoms with E-state index in [9.17, 15) is 4.79 Å². The van der Waals surface area contributed by atoms with Gasteiger partial charge in [0.15, 0.2) is 6.20 Å². The Kier molecular flexibility index (Phi) is 7.45. The summed E-state index contributed by atoms with van der Waals surface area (Å²) in [6.07, 6.45) is 2.74. The number of aromatic nitrogens is 1. The number of esters is 1. The first kappa shape index (κ1) is 20.4.